The third kappa shape index (κ3) is 3.58. The Balaban J connectivity index is 1.29. The van der Waals surface area contributed by atoms with Crippen molar-refractivity contribution in [3.05, 3.63) is 71.3 Å². The predicted octanol–water partition coefficient (Wildman–Crippen LogP) is 2.10. The summed E-state index contributed by atoms with van der Waals surface area (Å²) in [4.78, 5) is 25.2. The first kappa shape index (κ1) is 19.1. The lowest BCUT2D eigenvalue weighted by molar-refractivity contribution is -0.131. The highest BCUT2D eigenvalue weighted by Gasteiger charge is 2.30. The van der Waals surface area contributed by atoms with Gasteiger partial charge in [-0.15, -0.1) is 0 Å². The van der Waals surface area contributed by atoms with Crippen LogP contribution in [0.3, 0.4) is 0 Å². The first-order valence-corrected chi connectivity index (χ1v) is 9.95. The summed E-state index contributed by atoms with van der Waals surface area (Å²) >= 11 is 0. The van der Waals surface area contributed by atoms with Gasteiger partial charge in [-0.25, -0.2) is 9.07 Å². The molecule has 2 N–H and O–H groups in total. The molecular formula is C22H19FN4O4. The largest absolute Gasteiger partial charge is 0.485 e. The molecule has 0 saturated carbocycles. The van der Waals surface area contributed by atoms with Gasteiger partial charge < -0.3 is 9.47 Å². The molecule has 158 valence electrons. The Morgan fingerprint density at radius 2 is 1.81 bits per heavy atom. The molecule has 5 rings (SSSR count). The van der Waals surface area contributed by atoms with Crippen LogP contribution in [-0.2, 0) is 17.6 Å². The number of nitrogens with one attached hydrogen (secondary N) is 2. The van der Waals surface area contributed by atoms with E-state index in [1.165, 1.54) is 12.1 Å². The van der Waals surface area contributed by atoms with Gasteiger partial charge in [-0.3, -0.25) is 20.4 Å². The Morgan fingerprint density at radius 3 is 2.61 bits per heavy atom. The lowest BCUT2D eigenvalue weighted by atomic mass is 10.2. The minimum Gasteiger partial charge on any atom is -0.485 e. The topological polar surface area (TPSA) is 94.5 Å². The van der Waals surface area contributed by atoms with E-state index in [-0.39, 0.29) is 18.1 Å². The molecule has 31 heavy (non-hydrogen) atoms. The van der Waals surface area contributed by atoms with E-state index in [1.54, 1.807) is 35.0 Å². The molecule has 2 amide bonds. The van der Waals surface area contributed by atoms with Gasteiger partial charge in [-0.05, 0) is 55.7 Å². The summed E-state index contributed by atoms with van der Waals surface area (Å²) in [6.45, 7) is 0.0350. The standard InChI is InChI=1S/C22H19FN4O4/c23-13-8-10-14(11-9-13)27-16-5-3-4-15(16)20(26-27)22(29)25-24-21(28)19-12-30-17-6-1-2-7-18(17)31-19/h1-2,6-11,19H,3-5,12H2,(H,24,28)(H,25,29). The number of halogens is 1. The van der Waals surface area contributed by atoms with Crippen molar-refractivity contribution < 1.29 is 23.5 Å². The summed E-state index contributed by atoms with van der Waals surface area (Å²) in [6.07, 6.45) is 1.49. The monoisotopic (exact) mass is 422 g/mol. The van der Waals surface area contributed by atoms with E-state index in [0.717, 1.165) is 24.1 Å². The van der Waals surface area contributed by atoms with Crippen LogP contribution in [0, 0.1) is 5.82 Å². The Labute approximate surface area is 176 Å². The van der Waals surface area contributed by atoms with Crippen LogP contribution in [-0.4, -0.2) is 34.3 Å². The summed E-state index contributed by atoms with van der Waals surface area (Å²) in [6, 6.07) is 13.0. The van der Waals surface area contributed by atoms with Crippen molar-refractivity contribution in [2.75, 3.05) is 6.61 Å². The van der Waals surface area contributed by atoms with Gasteiger partial charge in [0.1, 0.15) is 12.4 Å². The normalized spacial score (nSPS) is 16.5. The van der Waals surface area contributed by atoms with Crippen molar-refractivity contribution in [2.45, 2.75) is 25.4 Å². The minimum absolute atomic E-state index is 0.0350. The maximum Gasteiger partial charge on any atom is 0.290 e. The Bertz CT molecular complexity index is 1160. The molecule has 8 nitrogen and oxygen atoms in total. The molecule has 1 aromatic heterocycles. The summed E-state index contributed by atoms with van der Waals surface area (Å²) in [5, 5.41) is 4.43. The number of hydrogen-bond acceptors (Lipinski definition) is 5. The first-order chi connectivity index (χ1) is 15.1. The number of para-hydroxylation sites is 2. The van der Waals surface area contributed by atoms with Crippen molar-refractivity contribution >= 4 is 11.8 Å². The molecule has 3 aromatic rings. The van der Waals surface area contributed by atoms with Gasteiger partial charge >= 0.3 is 0 Å². The molecule has 2 aliphatic rings. The van der Waals surface area contributed by atoms with E-state index >= 15 is 0 Å². The number of benzene rings is 2. The van der Waals surface area contributed by atoms with Crippen LogP contribution < -0.4 is 20.3 Å². The highest BCUT2D eigenvalue weighted by Crippen LogP contribution is 2.31. The summed E-state index contributed by atoms with van der Waals surface area (Å²) in [7, 11) is 0. The molecule has 0 saturated heterocycles. The molecule has 0 radical (unpaired) electrons. The van der Waals surface area contributed by atoms with Crippen LogP contribution in [0.15, 0.2) is 48.5 Å². The molecule has 0 spiro atoms. The number of carbonyl (C=O) groups excluding carboxylic acids is 2. The number of hydrogen-bond donors (Lipinski definition) is 2. The van der Waals surface area contributed by atoms with Gasteiger partial charge in [0.25, 0.3) is 11.8 Å². The third-order valence-corrected chi connectivity index (χ3v) is 5.32. The number of nitrogens with zero attached hydrogens (tertiary/aromatic N) is 2. The van der Waals surface area contributed by atoms with Crippen molar-refractivity contribution in [1.82, 2.24) is 20.6 Å². The zero-order chi connectivity index (χ0) is 21.4. The molecular weight excluding hydrogens is 403 g/mol. The molecule has 2 aromatic carbocycles. The van der Waals surface area contributed by atoms with Gasteiger partial charge in [0.05, 0.1) is 5.69 Å². The number of rotatable bonds is 3. The fourth-order valence-corrected chi connectivity index (χ4v) is 3.82. The number of amides is 2. The number of ether oxygens (including phenoxy) is 2. The molecule has 1 unspecified atom stereocenters. The SMILES string of the molecule is O=C(NNC(=O)C1COc2ccccc2O1)c1nn(-c2ccc(F)cc2)c2c1CCC2. The third-order valence-electron chi connectivity index (χ3n) is 5.32. The second-order valence-electron chi connectivity index (χ2n) is 7.32. The van der Waals surface area contributed by atoms with E-state index in [4.69, 9.17) is 9.47 Å². The first-order valence-electron chi connectivity index (χ1n) is 9.95. The number of fused-ring (bicyclic) bond motifs is 2. The van der Waals surface area contributed by atoms with Crippen LogP contribution in [0.5, 0.6) is 11.5 Å². The predicted molar refractivity (Wildman–Crippen MR) is 108 cm³/mol. The molecule has 0 fully saturated rings. The second kappa shape index (κ2) is 7.75. The number of carbonyl (C=O) groups is 2. The van der Waals surface area contributed by atoms with E-state index in [2.05, 4.69) is 16.0 Å². The molecule has 2 heterocycles. The molecule has 1 atom stereocenters. The quantitative estimate of drug-likeness (QED) is 0.631. The molecule has 1 aliphatic heterocycles. The molecule has 0 bridgehead atoms. The maximum absolute atomic E-state index is 13.3. The van der Waals surface area contributed by atoms with Gasteiger partial charge in [0.15, 0.2) is 17.2 Å². The minimum atomic E-state index is -0.891. The van der Waals surface area contributed by atoms with E-state index < -0.39 is 17.9 Å². The van der Waals surface area contributed by atoms with Gasteiger partial charge in [0, 0.05) is 11.3 Å². The van der Waals surface area contributed by atoms with Gasteiger partial charge in [-0.1, -0.05) is 12.1 Å². The van der Waals surface area contributed by atoms with Crippen molar-refractivity contribution in [2.24, 2.45) is 0 Å². The summed E-state index contributed by atoms with van der Waals surface area (Å²) < 4.78 is 26.1. The van der Waals surface area contributed by atoms with Gasteiger partial charge in [0.2, 0.25) is 6.10 Å². The lowest BCUT2D eigenvalue weighted by Gasteiger charge is -2.25. The van der Waals surface area contributed by atoms with Crippen LogP contribution in [0.2, 0.25) is 0 Å². The molecule has 1 aliphatic carbocycles. The summed E-state index contributed by atoms with van der Waals surface area (Å²) in [5.41, 5.74) is 7.47. The Morgan fingerprint density at radius 1 is 1.03 bits per heavy atom. The van der Waals surface area contributed by atoms with E-state index in [9.17, 15) is 14.0 Å². The van der Waals surface area contributed by atoms with E-state index in [0.29, 0.717) is 23.6 Å². The maximum atomic E-state index is 13.3. The van der Waals surface area contributed by atoms with Crippen LogP contribution >= 0.6 is 0 Å². The molecule has 9 heteroatoms. The smallest absolute Gasteiger partial charge is 0.290 e. The Kier molecular flexibility index (Phi) is 4.78. The zero-order valence-corrected chi connectivity index (χ0v) is 16.4. The number of aromatic nitrogens is 2. The van der Waals surface area contributed by atoms with Crippen LogP contribution in [0.25, 0.3) is 5.69 Å². The fraction of sp³-hybridized carbons (Fsp3) is 0.227. The van der Waals surface area contributed by atoms with Crippen molar-refractivity contribution in [1.29, 1.82) is 0 Å². The highest BCUT2D eigenvalue weighted by atomic mass is 19.1. The van der Waals surface area contributed by atoms with E-state index in [1.807, 2.05) is 6.07 Å². The van der Waals surface area contributed by atoms with Crippen molar-refractivity contribution in [3.63, 3.8) is 0 Å². The second-order valence-corrected chi connectivity index (χ2v) is 7.32. The van der Waals surface area contributed by atoms with Crippen LogP contribution in [0.4, 0.5) is 4.39 Å². The van der Waals surface area contributed by atoms with Crippen molar-refractivity contribution in [3.8, 4) is 17.2 Å². The van der Waals surface area contributed by atoms with Gasteiger partial charge in [-0.2, -0.15) is 5.10 Å². The lowest BCUT2D eigenvalue weighted by Crippen LogP contribution is -2.51. The number of hydrazine groups is 1. The average Bonchev–Trinajstić information content (AvgIpc) is 3.40. The average molecular weight is 422 g/mol. The fourth-order valence-electron chi connectivity index (χ4n) is 3.82. The Hall–Kier alpha value is -3.88. The summed E-state index contributed by atoms with van der Waals surface area (Å²) in [5.74, 6) is -0.361. The van der Waals surface area contributed by atoms with Crippen LogP contribution in [0.1, 0.15) is 28.2 Å². The highest BCUT2D eigenvalue weighted by molar-refractivity contribution is 5.96. The zero-order valence-electron chi connectivity index (χ0n) is 16.4.